The van der Waals surface area contributed by atoms with Crippen molar-refractivity contribution < 1.29 is 4.74 Å². The van der Waals surface area contributed by atoms with Crippen molar-refractivity contribution in [2.45, 2.75) is 0 Å². The number of aromatic nitrogens is 3. The molecule has 0 saturated carbocycles. The second-order valence-electron chi connectivity index (χ2n) is 4.67. The van der Waals surface area contributed by atoms with Crippen molar-refractivity contribution in [2.24, 2.45) is 0 Å². The molecule has 0 radical (unpaired) electrons. The summed E-state index contributed by atoms with van der Waals surface area (Å²) >= 11 is 1.61. The van der Waals surface area contributed by atoms with Crippen molar-refractivity contribution >= 4 is 32.2 Å². The molecule has 2 N–H and O–H groups in total. The Morgan fingerprint density at radius 2 is 2.00 bits per heavy atom. The molecule has 2 aromatic carbocycles. The van der Waals surface area contributed by atoms with Crippen LogP contribution in [0.4, 0.5) is 5.69 Å². The van der Waals surface area contributed by atoms with Crippen LogP contribution in [0.25, 0.3) is 26.6 Å². The summed E-state index contributed by atoms with van der Waals surface area (Å²) in [5.41, 5.74) is 8.50. The van der Waals surface area contributed by atoms with Gasteiger partial charge in [0.1, 0.15) is 5.75 Å². The van der Waals surface area contributed by atoms with Crippen LogP contribution in [0.5, 0.6) is 5.75 Å². The zero-order valence-electron chi connectivity index (χ0n) is 11.3. The molecule has 2 heterocycles. The van der Waals surface area contributed by atoms with Crippen LogP contribution in [0.2, 0.25) is 0 Å². The molecule has 0 fully saturated rings. The van der Waals surface area contributed by atoms with Crippen LogP contribution in [0.3, 0.4) is 0 Å². The fourth-order valence-electron chi connectivity index (χ4n) is 2.45. The Hall–Kier alpha value is -2.60. The maximum Gasteiger partial charge on any atom is 0.217 e. The van der Waals surface area contributed by atoms with Crippen LogP contribution in [0.15, 0.2) is 42.5 Å². The number of nitrogen functional groups attached to an aromatic ring is 1. The maximum absolute atomic E-state index is 5.91. The number of hydrogen-bond donors (Lipinski definition) is 1. The summed E-state index contributed by atoms with van der Waals surface area (Å²) in [5.74, 6) is 1.47. The van der Waals surface area contributed by atoms with Gasteiger partial charge in [-0.05, 0) is 30.3 Å². The second-order valence-corrected chi connectivity index (χ2v) is 5.68. The van der Waals surface area contributed by atoms with Gasteiger partial charge in [-0.3, -0.25) is 4.40 Å². The highest BCUT2D eigenvalue weighted by Crippen LogP contribution is 2.34. The van der Waals surface area contributed by atoms with Crippen LogP contribution in [0, 0.1) is 0 Å². The van der Waals surface area contributed by atoms with E-state index < -0.39 is 0 Å². The molecule has 0 aliphatic carbocycles. The fraction of sp³-hybridized carbons (Fsp3) is 0.0667. The van der Waals surface area contributed by atoms with Gasteiger partial charge in [-0.2, -0.15) is 0 Å². The Morgan fingerprint density at radius 3 is 2.86 bits per heavy atom. The highest BCUT2D eigenvalue weighted by molar-refractivity contribution is 7.23. The number of benzene rings is 2. The molecule has 0 aliphatic rings. The highest BCUT2D eigenvalue weighted by atomic mass is 32.1. The quantitative estimate of drug-likeness (QED) is 0.577. The van der Waals surface area contributed by atoms with Crippen molar-refractivity contribution in [3.8, 4) is 17.1 Å². The lowest BCUT2D eigenvalue weighted by atomic mass is 10.1. The molecule has 0 saturated heterocycles. The highest BCUT2D eigenvalue weighted by Gasteiger charge is 2.17. The van der Waals surface area contributed by atoms with Crippen LogP contribution >= 0.6 is 11.3 Å². The first-order valence-corrected chi connectivity index (χ1v) is 7.26. The smallest absolute Gasteiger partial charge is 0.217 e. The molecule has 0 atom stereocenters. The standard InChI is InChI=1S/C15H12N4OS/c1-20-12-7-6-9(16)8-10(12)14-17-18-15-19(14)11-4-2-3-5-13(11)21-15/h2-8H,16H2,1H3. The number of nitrogens with zero attached hydrogens (tertiary/aromatic N) is 3. The third-order valence-corrected chi connectivity index (χ3v) is 4.42. The summed E-state index contributed by atoms with van der Waals surface area (Å²) in [6, 6.07) is 13.7. The molecular weight excluding hydrogens is 284 g/mol. The number of para-hydroxylation sites is 1. The Bertz CT molecular complexity index is 957. The molecule has 6 heteroatoms. The van der Waals surface area contributed by atoms with E-state index in [1.807, 2.05) is 34.7 Å². The van der Waals surface area contributed by atoms with E-state index in [9.17, 15) is 0 Å². The normalized spacial score (nSPS) is 11.3. The van der Waals surface area contributed by atoms with Crippen molar-refractivity contribution in [1.82, 2.24) is 14.6 Å². The van der Waals surface area contributed by atoms with Crippen LogP contribution in [-0.2, 0) is 0 Å². The molecule has 0 unspecified atom stereocenters. The van der Waals surface area contributed by atoms with Crippen molar-refractivity contribution in [3.05, 3.63) is 42.5 Å². The van der Waals surface area contributed by atoms with E-state index in [4.69, 9.17) is 10.5 Å². The van der Waals surface area contributed by atoms with Gasteiger partial charge in [0.25, 0.3) is 0 Å². The average Bonchev–Trinajstić information content (AvgIpc) is 3.06. The van der Waals surface area contributed by atoms with Gasteiger partial charge in [0.05, 0.1) is 22.9 Å². The lowest BCUT2D eigenvalue weighted by Gasteiger charge is -2.07. The zero-order chi connectivity index (χ0) is 14.4. The van der Waals surface area contributed by atoms with Gasteiger partial charge in [-0.15, -0.1) is 10.2 Å². The fourth-order valence-corrected chi connectivity index (χ4v) is 3.42. The lowest BCUT2D eigenvalue weighted by Crippen LogP contribution is -1.95. The van der Waals surface area contributed by atoms with Gasteiger partial charge < -0.3 is 10.5 Å². The molecule has 4 rings (SSSR count). The van der Waals surface area contributed by atoms with Gasteiger partial charge in [-0.25, -0.2) is 0 Å². The Labute approximate surface area is 124 Å². The maximum atomic E-state index is 5.91. The molecule has 0 amide bonds. The predicted molar refractivity (Wildman–Crippen MR) is 84.8 cm³/mol. The van der Waals surface area contributed by atoms with Gasteiger partial charge in [0.2, 0.25) is 4.96 Å². The number of ether oxygens (including phenoxy) is 1. The van der Waals surface area contributed by atoms with Crippen LogP contribution in [0.1, 0.15) is 0 Å². The van der Waals surface area contributed by atoms with E-state index in [1.165, 1.54) is 4.70 Å². The molecule has 5 nitrogen and oxygen atoms in total. The van der Waals surface area contributed by atoms with E-state index in [0.29, 0.717) is 5.69 Å². The number of anilines is 1. The first-order chi connectivity index (χ1) is 10.3. The van der Waals surface area contributed by atoms with E-state index in [2.05, 4.69) is 22.3 Å². The predicted octanol–water partition coefficient (Wildman–Crippen LogP) is 3.20. The molecule has 0 spiro atoms. The minimum atomic E-state index is 0.669. The minimum Gasteiger partial charge on any atom is -0.496 e. The van der Waals surface area contributed by atoms with Crippen molar-refractivity contribution in [2.75, 3.05) is 12.8 Å². The summed E-state index contributed by atoms with van der Waals surface area (Å²) in [6.45, 7) is 0. The Kier molecular flexibility index (Phi) is 2.58. The zero-order valence-corrected chi connectivity index (χ0v) is 12.1. The van der Waals surface area contributed by atoms with Gasteiger partial charge >= 0.3 is 0 Å². The molecule has 104 valence electrons. The average molecular weight is 296 g/mol. The Morgan fingerprint density at radius 1 is 1.14 bits per heavy atom. The number of fused-ring (bicyclic) bond motifs is 3. The first-order valence-electron chi connectivity index (χ1n) is 6.44. The molecule has 21 heavy (non-hydrogen) atoms. The molecule has 0 bridgehead atoms. The van der Waals surface area contributed by atoms with Gasteiger partial charge in [0, 0.05) is 5.69 Å². The van der Waals surface area contributed by atoms with Crippen LogP contribution in [-0.4, -0.2) is 21.7 Å². The third-order valence-electron chi connectivity index (χ3n) is 3.41. The summed E-state index contributed by atoms with van der Waals surface area (Å²) in [7, 11) is 1.64. The number of thiazole rings is 1. The monoisotopic (exact) mass is 296 g/mol. The van der Waals surface area contributed by atoms with Crippen molar-refractivity contribution in [1.29, 1.82) is 0 Å². The summed E-state index contributed by atoms with van der Waals surface area (Å²) in [5, 5.41) is 8.59. The van der Waals surface area contributed by atoms with E-state index >= 15 is 0 Å². The van der Waals surface area contributed by atoms with Crippen molar-refractivity contribution in [3.63, 3.8) is 0 Å². The van der Waals surface area contributed by atoms with Crippen LogP contribution < -0.4 is 10.5 Å². The Balaban J connectivity index is 2.09. The first kappa shape index (κ1) is 12.2. The molecular formula is C15H12N4OS. The summed E-state index contributed by atoms with van der Waals surface area (Å²) in [6.07, 6.45) is 0. The SMILES string of the molecule is COc1ccc(N)cc1-c1nnc2sc3ccccc3n12. The summed E-state index contributed by atoms with van der Waals surface area (Å²) in [4.78, 5) is 0.857. The third kappa shape index (κ3) is 1.76. The number of hydrogen-bond acceptors (Lipinski definition) is 5. The van der Waals surface area contributed by atoms with Gasteiger partial charge in [0.15, 0.2) is 5.82 Å². The summed E-state index contributed by atoms with van der Waals surface area (Å²) < 4.78 is 8.64. The minimum absolute atomic E-state index is 0.669. The number of nitrogens with two attached hydrogens (primary N) is 1. The number of rotatable bonds is 2. The van der Waals surface area contributed by atoms with E-state index in [1.54, 1.807) is 18.4 Å². The van der Waals surface area contributed by atoms with E-state index in [0.717, 1.165) is 27.6 Å². The molecule has 4 aromatic rings. The van der Waals surface area contributed by atoms with E-state index in [-0.39, 0.29) is 0 Å². The largest absolute Gasteiger partial charge is 0.496 e. The second kappa shape index (κ2) is 4.46. The topological polar surface area (TPSA) is 65.4 Å². The molecule has 2 aromatic heterocycles. The number of methoxy groups -OCH3 is 1. The lowest BCUT2D eigenvalue weighted by molar-refractivity contribution is 0.416. The van der Waals surface area contributed by atoms with Gasteiger partial charge in [-0.1, -0.05) is 23.5 Å². The molecule has 0 aliphatic heterocycles.